The summed E-state index contributed by atoms with van der Waals surface area (Å²) in [6, 6.07) is 8.49. The lowest BCUT2D eigenvalue weighted by molar-refractivity contribution is -0.137. The monoisotopic (exact) mass is 460 g/mol. The van der Waals surface area contributed by atoms with Crippen molar-refractivity contribution in [1.29, 1.82) is 5.26 Å². The lowest BCUT2D eigenvalue weighted by Crippen LogP contribution is -2.46. The highest BCUT2D eigenvalue weighted by molar-refractivity contribution is 6.38. The maximum absolute atomic E-state index is 13.4. The smallest absolute Gasteiger partial charge is 0.287 e. The Bertz CT molecular complexity index is 1140. The highest BCUT2D eigenvalue weighted by atomic mass is 19.3. The fraction of sp³-hybridized carbons (Fsp3) is 0.227. The molecule has 0 heterocycles. The minimum absolute atomic E-state index is 0.0155. The Hall–Kier alpha value is -4.20. The number of hydrogen-bond acceptors (Lipinski definition) is 5. The van der Waals surface area contributed by atoms with Crippen LogP contribution < -0.4 is 16.4 Å². The number of hydrogen-bond donors (Lipinski definition) is 3. The maximum atomic E-state index is 13.4. The van der Waals surface area contributed by atoms with Crippen LogP contribution in [0.1, 0.15) is 46.0 Å². The molecule has 2 aromatic carbocycles. The number of amides is 3. The van der Waals surface area contributed by atoms with Gasteiger partial charge in [0.2, 0.25) is 11.7 Å². The number of halogens is 3. The van der Waals surface area contributed by atoms with E-state index in [1.54, 1.807) is 6.07 Å². The van der Waals surface area contributed by atoms with E-state index in [0.29, 0.717) is 6.92 Å². The van der Waals surface area contributed by atoms with Crippen LogP contribution in [-0.2, 0) is 9.59 Å². The van der Waals surface area contributed by atoms with E-state index in [2.05, 4.69) is 10.6 Å². The molecule has 1 atom stereocenters. The fourth-order valence-electron chi connectivity index (χ4n) is 2.81. The molecular weight excluding hydrogens is 441 g/mol. The number of alkyl halides is 2. The average molecular weight is 460 g/mol. The normalized spacial score (nSPS) is 11.7. The molecule has 0 aromatic heterocycles. The Morgan fingerprint density at radius 3 is 2.39 bits per heavy atom. The van der Waals surface area contributed by atoms with Gasteiger partial charge in [0.1, 0.15) is 5.82 Å². The molecule has 0 aliphatic heterocycles. The molecule has 0 aliphatic carbocycles. The number of ketones is 1. The van der Waals surface area contributed by atoms with E-state index in [4.69, 9.17) is 11.0 Å². The zero-order chi connectivity index (χ0) is 24.8. The molecule has 0 aliphatic rings. The van der Waals surface area contributed by atoms with Crippen molar-refractivity contribution in [3.05, 3.63) is 65.0 Å². The van der Waals surface area contributed by atoms with Gasteiger partial charge in [0.15, 0.2) is 0 Å². The Balaban J connectivity index is 2.34. The summed E-state index contributed by atoms with van der Waals surface area (Å²) in [5, 5.41) is 13.7. The molecule has 0 unspecified atom stereocenters. The Labute approximate surface area is 186 Å². The summed E-state index contributed by atoms with van der Waals surface area (Å²) < 4.78 is 39.9. The second-order valence-electron chi connectivity index (χ2n) is 7.20. The van der Waals surface area contributed by atoms with Crippen LogP contribution in [0.5, 0.6) is 0 Å². The van der Waals surface area contributed by atoms with Crippen LogP contribution in [0.3, 0.4) is 0 Å². The topological polar surface area (TPSA) is 142 Å². The molecular formula is C22H19F3N4O4. The first-order valence-corrected chi connectivity index (χ1v) is 9.54. The van der Waals surface area contributed by atoms with E-state index in [1.807, 2.05) is 0 Å². The lowest BCUT2D eigenvalue weighted by atomic mass is 10.0. The second kappa shape index (κ2) is 10.4. The molecule has 0 saturated heterocycles. The van der Waals surface area contributed by atoms with Crippen molar-refractivity contribution < 1.29 is 32.3 Å². The zero-order valence-electron chi connectivity index (χ0n) is 17.3. The summed E-state index contributed by atoms with van der Waals surface area (Å²) >= 11 is 0. The van der Waals surface area contributed by atoms with Gasteiger partial charge in [-0.1, -0.05) is 6.07 Å². The summed E-state index contributed by atoms with van der Waals surface area (Å²) in [7, 11) is 0. The van der Waals surface area contributed by atoms with Crippen molar-refractivity contribution in [3.63, 3.8) is 0 Å². The van der Waals surface area contributed by atoms with Crippen LogP contribution in [0.25, 0.3) is 0 Å². The van der Waals surface area contributed by atoms with E-state index in [9.17, 15) is 32.3 Å². The van der Waals surface area contributed by atoms with E-state index in [1.165, 1.54) is 24.3 Å². The van der Waals surface area contributed by atoms with Crippen LogP contribution in [0.4, 0.5) is 18.9 Å². The largest absolute Gasteiger partial charge is 0.363 e. The quantitative estimate of drug-likeness (QED) is 0.493. The molecule has 3 amide bonds. The number of nitrogens with one attached hydrogen (secondary N) is 2. The molecule has 33 heavy (non-hydrogen) atoms. The number of nitrogens with zero attached hydrogens (tertiary/aromatic N) is 1. The maximum Gasteiger partial charge on any atom is 0.287 e. The van der Waals surface area contributed by atoms with Crippen LogP contribution in [0.2, 0.25) is 0 Å². The van der Waals surface area contributed by atoms with Gasteiger partial charge in [0, 0.05) is 12.0 Å². The number of benzene rings is 2. The van der Waals surface area contributed by atoms with Gasteiger partial charge in [-0.3, -0.25) is 19.2 Å². The van der Waals surface area contributed by atoms with Crippen molar-refractivity contribution >= 4 is 29.2 Å². The second-order valence-corrected chi connectivity index (χ2v) is 7.20. The molecule has 8 nitrogen and oxygen atoms in total. The lowest BCUT2D eigenvalue weighted by Gasteiger charge is -2.19. The minimum atomic E-state index is -3.17. The number of rotatable bonds is 9. The number of carbonyl (C=O) groups is 4. The molecule has 2 rings (SSSR count). The molecule has 4 N–H and O–H groups in total. The van der Waals surface area contributed by atoms with Gasteiger partial charge in [-0.2, -0.15) is 5.26 Å². The molecule has 0 fully saturated rings. The van der Waals surface area contributed by atoms with Crippen LogP contribution in [0.15, 0.2) is 42.5 Å². The Kier molecular flexibility index (Phi) is 7.90. The number of carbonyl (C=O) groups excluding carboxylic acids is 4. The van der Waals surface area contributed by atoms with Gasteiger partial charge in [-0.05, 0) is 49.7 Å². The third-order valence-corrected chi connectivity index (χ3v) is 4.46. The summed E-state index contributed by atoms with van der Waals surface area (Å²) in [6.07, 6.45) is -1.40. The van der Waals surface area contributed by atoms with E-state index >= 15 is 0 Å². The van der Waals surface area contributed by atoms with Gasteiger partial charge >= 0.3 is 0 Å². The Morgan fingerprint density at radius 1 is 1.12 bits per heavy atom. The molecule has 11 heteroatoms. The number of nitrogens with two attached hydrogens (primary N) is 1. The van der Waals surface area contributed by atoms with Crippen LogP contribution in [-0.4, -0.2) is 35.5 Å². The molecule has 0 bridgehead atoms. The van der Waals surface area contributed by atoms with E-state index in [0.717, 1.165) is 18.2 Å². The third kappa shape index (κ3) is 7.17. The predicted molar refractivity (Wildman–Crippen MR) is 111 cm³/mol. The van der Waals surface area contributed by atoms with Crippen molar-refractivity contribution in [2.45, 2.75) is 31.7 Å². The van der Waals surface area contributed by atoms with Crippen LogP contribution in [0, 0.1) is 17.1 Å². The number of Topliss-reactive ketones (excluding diaryl/α,β-unsaturated/α-hetero) is 1. The van der Waals surface area contributed by atoms with Crippen molar-refractivity contribution in [2.75, 3.05) is 5.32 Å². The van der Waals surface area contributed by atoms with Crippen molar-refractivity contribution in [2.24, 2.45) is 5.73 Å². The van der Waals surface area contributed by atoms with E-state index in [-0.39, 0.29) is 22.4 Å². The number of nitriles is 1. The SMILES string of the molecule is CC(F)(F)CC[C@H](NC(=O)c1cc(C#N)ccc1NC(=O)c1cccc(F)c1)C(=O)C(N)=O. The molecule has 0 spiro atoms. The van der Waals surface area contributed by atoms with Crippen molar-refractivity contribution in [3.8, 4) is 6.07 Å². The minimum Gasteiger partial charge on any atom is -0.363 e. The highest BCUT2D eigenvalue weighted by Crippen LogP contribution is 2.22. The Morgan fingerprint density at radius 2 is 1.82 bits per heavy atom. The number of anilines is 1. The summed E-state index contributed by atoms with van der Waals surface area (Å²) in [5.74, 6) is -8.35. The predicted octanol–water partition coefficient (Wildman–Crippen LogP) is 2.54. The summed E-state index contributed by atoms with van der Waals surface area (Å²) in [4.78, 5) is 48.6. The molecule has 0 saturated carbocycles. The van der Waals surface area contributed by atoms with Gasteiger partial charge < -0.3 is 16.4 Å². The first kappa shape index (κ1) is 25.1. The summed E-state index contributed by atoms with van der Waals surface area (Å²) in [5.41, 5.74) is 4.52. The van der Waals surface area contributed by atoms with Crippen LogP contribution >= 0.6 is 0 Å². The van der Waals surface area contributed by atoms with Gasteiger partial charge in [-0.15, -0.1) is 0 Å². The standard InChI is InChI=1S/C22H19F3N4O4/c1-22(24,25)8-7-17(18(30)19(27)31)29-21(33)15-9-12(11-26)5-6-16(15)28-20(32)13-3-2-4-14(23)10-13/h2-6,9-10,17H,7-8H2,1H3,(H2,27,31)(H,28,32)(H,29,33)/t17-/m0/s1. The number of primary amides is 1. The van der Waals surface area contributed by atoms with Gasteiger partial charge in [0.25, 0.3) is 17.7 Å². The third-order valence-electron chi connectivity index (χ3n) is 4.46. The highest BCUT2D eigenvalue weighted by Gasteiger charge is 2.30. The molecule has 172 valence electrons. The zero-order valence-corrected chi connectivity index (χ0v) is 17.3. The van der Waals surface area contributed by atoms with Gasteiger partial charge in [-0.25, -0.2) is 13.2 Å². The fourth-order valence-corrected chi connectivity index (χ4v) is 2.81. The first-order valence-electron chi connectivity index (χ1n) is 9.54. The van der Waals surface area contributed by atoms with Gasteiger partial charge in [0.05, 0.1) is 28.9 Å². The van der Waals surface area contributed by atoms with E-state index < -0.39 is 54.1 Å². The molecule has 0 radical (unpaired) electrons. The van der Waals surface area contributed by atoms with Crippen molar-refractivity contribution in [1.82, 2.24) is 5.32 Å². The molecule has 2 aromatic rings. The summed E-state index contributed by atoms with van der Waals surface area (Å²) in [6.45, 7) is 0.608. The first-order chi connectivity index (χ1) is 15.4. The average Bonchev–Trinajstić information content (AvgIpc) is 2.75.